The normalized spacial score (nSPS) is 10.6. The summed E-state index contributed by atoms with van der Waals surface area (Å²) in [5.74, 6) is 1.90. The third kappa shape index (κ3) is 2.87. The lowest BCUT2D eigenvalue weighted by Crippen LogP contribution is -2.10. The molecular weight excluding hydrogens is 230 g/mol. The molecule has 0 bridgehead atoms. The van der Waals surface area contributed by atoms with Gasteiger partial charge in [0.25, 0.3) is 5.89 Å². The number of ether oxygens (including phenoxy) is 1. The van der Waals surface area contributed by atoms with Gasteiger partial charge in [-0.2, -0.15) is 0 Å². The summed E-state index contributed by atoms with van der Waals surface area (Å²) in [6.45, 7) is 3.37. The average Bonchev–Trinajstić information content (AvgIpc) is 2.86. The number of nitrogens with zero attached hydrogens (tertiary/aromatic N) is 2. The first kappa shape index (κ1) is 12.6. The van der Waals surface area contributed by atoms with Crippen LogP contribution in [0.15, 0.2) is 28.7 Å². The van der Waals surface area contributed by atoms with Crippen LogP contribution in [0.2, 0.25) is 0 Å². The van der Waals surface area contributed by atoms with Crippen LogP contribution >= 0.6 is 0 Å². The Kier molecular flexibility index (Phi) is 4.30. The molecule has 1 aromatic carbocycles. The van der Waals surface area contributed by atoms with Gasteiger partial charge >= 0.3 is 0 Å². The maximum Gasteiger partial charge on any atom is 0.251 e. The van der Waals surface area contributed by atoms with Gasteiger partial charge in [0.05, 0.1) is 12.2 Å². The van der Waals surface area contributed by atoms with E-state index in [1.807, 2.05) is 38.2 Å². The van der Waals surface area contributed by atoms with Gasteiger partial charge in [-0.1, -0.05) is 12.1 Å². The quantitative estimate of drug-likeness (QED) is 0.844. The first-order valence-corrected chi connectivity index (χ1v) is 6.04. The zero-order valence-electron chi connectivity index (χ0n) is 10.6. The van der Waals surface area contributed by atoms with E-state index in [0.29, 0.717) is 18.4 Å². The predicted octanol–water partition coefficient (Wildman–Crippen LogP) is 1.90. The zero-order valence-corrected chi connectivity index (χ0v) is 10.6. The molecule has 0 atom stereocenters. The van der Waals surface area contributed by atoms with E-state index in [4.69, 9.17) is 9.15 Å². The average molecular weight is 247 g/mol. The van der Waals surface area contributed by atoms with Gasteiger partial charge in [0.15, 0.2) is 0 Å². The van der Waals surface area contributed by atoms with Crippen molar-refractivity contribution in [2.45, 2.75) is 13.3 Å². The molecule has 18 heavy (non-hydrogen) atoms. The summed E-state index contributed by atoms with van der Waals surface area (Å²) >= 11 is 0. The Labute approximate surface area is 106 Å². The Morgan fingerprint density at radius 3 is 2.89 bits per heavy atom. The number of benzene rings is 1. The highest BCUT2D eigenvalue weighted by Crippen LogP contribution is 2.28. The summed E-state index contributed by atoms with van der Waals surface area (Å²) in [5.41, 5.74) is 0.836. The Balaban J connectivity index is 2.22. The minimum atomic E-state index is 0.505. The molecule has 0 unspecified atom stereocenters. The summed E-state index contributed by atoms with van der Waals surface area (Å²) in [6.07, 6.45) is 0.723. The van der Waals surface area contributed by atoms with Crippen molar-refractivity contribution in [1.82, 2.24) is 15.5 Å². The zero-order chi connectivity index (χ0) is 12.8. The van der Waals surface area contributed by atoms with Crippen LogP contribution in [-0.2, 0) is 6.42 Å². The summed E-state index contributed by atoms with van der Waals surface area (Å²) in [4.78, 5) is 0. The van der Waals surface area contributed by atoms with E-state index >= 15 is 0 Å². The van der Waals surface area contributed by atoms with Crippen molar-refractivity contribution >= 4 is 0 Å². The number of likely N-dealkylation sites (N-methyl/N-ethyl adjacent to an activating group) is 1. The maximum atomic E-state index is 5.62. The molecule has 1 N–H and O–H groups in total. The van der Waals surface area contributed by atoms with E-state index in [2.05, 4.69) is 15.5 Å². The van der Waals surface area contributed by atoms with E-state index in [1.165, 1.54) is 0 Å². The Hall–Kier alpha value is -1.88. The predicted molar refractivity (Wildman–Crippen MR) is 68.5 cm³/mol. The van der Waals surface area contributed by atoms with Crippen molar-refractivity contribution < 1.29 is 9.15 Å². The van der Waals surface area contributed by atoms with Crippen LogP contribution in [0.25, 0.3) is 11.5 Å². The monoisotopic (exact) mass is 247 g/mol. The lowest BCUT2D eigenvalue weighted by Gasteiger charge is -2.06. The van der Waals surface area contributed by atoms with Crippen LogP contribution in [0.3, 0.4) is 0 Å². The molecule has 0 saturated carbocycles. The fourth-order valence-corrected chi connectivity index (χ4v) is 1.62. The fraction of sp³-hybridized carbons (Fsp3) is 0.385. The van der Waals surface area contributed by atoms with Gasteiger partial charge < -0.3 is 14.5 Å². The van der Waals surface area contributed by atoms with Gasteiger partial charge in [0, 0.05) is 13.0 Å². The molecule has 5 nitrogen and oxygen atoms in total. The van der Waals surface area contributed by atoms with Crippen LogP contribution in [0.5, 0.6) is 5.75 Å². The minimum absolute atomic E-state index is 0.505. The largest absolute Gasteiger partial charge is 0.493 e. The SMILES string of the molecule is CCOc1ccccc1-c1nnc(CCNC)o1. The van der Waals surface area contributed by atoms with E-state index in [0.717, 1.165) is 24.3 Å². The van der Waals surface area contributed by atoms with Crippen molar-refractivity contribution in [3.05, 3.63) is 30.2 Å². The minimum Gasteiger partial charge on any atom is -0.493 e. The molecule has 2 aromatic rings. The van der Waals surface area contributed by atoms with Crippen molar-refractivity contribution in [3.8, 4) is 17.2 Å². The van der Waals surface area contributed by atoms with Crippen LogP contribution in [0, 0.1) is 0 Å². The lowest BCUT2D eigenvalue weighted by molar-refractivity contribution is 0.340. The summed E-state index contributed by atoms with van der Waals surface area (Å²) in [6, 6.07) is 7.67. The second-order valence-corrected chi connectivity index (χ2v) is 3.78. The molecule has 0 radical (unpaired) electrons. The van der Waals surface area contributed by atoms with Crippen LogP contribution in [0.1, 0.15) is 12.8 Å². The highest BCUT2D eigenvalue weighted by molar-refractivity contribution is 5.62. The van der Waals surface area contributed by atoms with Crippen LogP contribution in [0.4, 0.5) is 0 Å². The maximum absolute atomic E-state index is 5.62. The summed E-state index contributed by atoms with van der Waals surface area (Å²) in [7, 11) is 1.89. The second-order valence-electron chi connectivity index (χ2n) is 3.78. The molecule has 0 aliphatic rings. The van der Waals surface area contributed by atoms with Gasteiger partial charge in [0.1, 0.15) is 5.75 Å². The number of para-hydroxylation sites is 1. The Morgan fingerprint density at radius 2 is 2.11 bits per heavy atom. The van der Waals surface area contributed by atoms with Gasteiger partial charge in [-0.3, -0.25) is 0 Å². The second kappa shape index (κ2) is 6.16. The number of hydrogen-bond donors (Lipinski definition) is 1. The summed E-state index contributed by atoms with van der Waals surface area (Å²) in [5, 5.41) is 11.1. The number of nitrogens with one attached hydrogen (secondary N) is 1. The van der Waals surface area contributed by atoms with Crippen molar-refractivity contribution in [2.75, 3.05) is 20.2 Å². The van der Waals surface area contributed by atoms with E-state index in [9.17, 15) is 0 Å². The summed E-state index contributed by atoms with van der Waals surface area (Å²) < 4.78 is 11.2. The molecule has 1 heterocycles. The van der Waals surface area contributed by atoms with Gasteiger partial charge in [-0.15, -0.1) is 10.2 Å². The first-order chi connectivity index (χ1) is 8.85. The Morgan fingerprint density at radius 1 is 1.28 bits per heavy atom. The van der Waals surface area contributed by atoms with Crippen molar-refractivity contribution in [3.63, 3.8) is 0 Å². The van der Waals surface area contributed by atoms with Crippen molar-refractivity contribution in [1.29, 1.82) is 0 Å². The van der Waals surface area contributed by atoms with Gasteiger partial charge in [-0.25, -0.2) is 0 Å². The van der Waals surface area contributed by atoms with E-state index < -0.39 is 0 Å². The molecule has 0 fully saturated rings. The van der Waals surface area contributed by atoms with Gasteiger partial charge in [-0.05, 0) is 26.1 Å². The first-order valence-electron chi connectivity index (χ1n) is 6.04. The number of rotatable bonds is 6. The van der Waals surface area contributed by atoms with Crippen LogP contribution in [-0.4, -0.2) is 30.4 Å². The Bertz CT molecular complexity index is 496. The molecule has 0 saturated heterocycles. The van der Waals surface area contributed by atoms with Crippen molar-refractivity contribution in [2.24, 2.45) is 0 Å². The molecule has 96 valence electrons. The molecule has 1 aromatic heterocycles. The topological polar surface area (TPSA) is 60.2 Å². The van der Waals surface area contributed by atoms with E-state index in [1.54, 1.807) is 0 Å². The molecule has 2 rings (SSSR count). The molecule has 5 heteroatoms. The highest BCUT2D eigenvalue weighted by atomic mass is 16.5. The third-order valence-corrected chi connectivity index (χ3v) is 2.47. The molecule has 0 spiro atoms. The van der Waals surface area contributed by atoms with E-state index in [-0.39, 0.29) is 0 Å². The molecule has 0 aliphatic carbocycles. The lowest BCUT2D eigenvalue weighted by atomic mass is 10.2. The van der Waals surface area contributed by atoms with Gasteiger partial charge in [0.2, 0.25) is 5.89 Å². The smallest absolute Gasteiger partial charge is 0.251 e. The number of aromatic nitrogens is 2. The molecule has 0 aliphatic heterocycles. The number of hydrogen-bond acceptors (Lipinski definition) is 5. The molecule has 0 amide bonds. The molecular formula is C13H17N3O2. The fourth-order valence-electron chi connectivity index (χ4n) is 1.62. The highest BCUT2D eigenvalue weighted by Gasteiger charge is 2.12. The standard InChI is InChI=1S/C13H17N3O2/c1-3-17-11-7-5-4-6-10(11)13-16-15-12(18-13)8-9-14-2/h4-7,14H,3,8-9H2,1-2H3. The van der Waals surface area contributed by atoms with Crippen LogP contribution < -0.4 is 10.1 Å². The third-order valence-electron chi connectivity index (χ3n) is 2.47.